The number of rotatable bonds is 0. The molecule has 2 heteroatoms. The Bertz CT molecular complexity index is 754. The molecule has 92 valence electrons. The van der Waals surface area contributed by atoms with E-state index < -0.39 is 0 Å². The Morgan fingerprint density at radius 1 is 0.895 bits per heavy atom. The van der Waals surface area contributed by atoms with Crippen molar-refractivity contribution in [2.24, 2.45) is 0 Å². The molecule has 1 unspecified atom stereocenters. The third kappa shape index (κ3) is 1.31. The van der Waals surface area contributed by atoms with E-state index in [0.717, 1.165) is 0 Å². The summed E-state index contributed by atoms with van der Waals surface area (Å²) in [5, 5.41) is 0. The van der Waals surface area contributed by atoms with Gasteiger partial charge >= 0.3 is 6.17 Å². The maximum Gasteiger partial charge on any atom is 0.376 e. The van der Waals surface area contributed by atoms with Crippen molar-refractivity contribution in [2.45, 2.75) is 13.1 Å². The topological polar surface area (TPSA) is 6.02 Å². The Labute approximate surface area is 113 Å². The van der Waals surface area contributed by atoms with E-state index in [2.05, 4.69) is 78.0 Å². The molecule has 2 aliphatic heterocycles. The highest BCUT2D eigenvalue weighted by molar-refractivity contribution is 6.12. The minimum Gasteiger partial charge on any atom is -0.168 e. The first-order valence-corrected chi connectivity index (χ1v) is 6.65. The van der Waals surface area contributed by atoms with Crippen LogP contribution in [0.15, 0.2) is 42.5 Å². The number of aryl methyl sites for hydroxylation is 1. The molecule has 2 nitrogen and oxygen atoms in total. The predicted molar refractivity (Wildman–Crippen MR) is 77.6 cm³/mol. The number of para-hydroxylation sites is 1. The number of benzene rings is 2. The van der Waals surface area contributed by atoms with E-state index in [4.69, 9.17) is 0 Å². The van der Waals surface area contributed by atoms with Gasteiger partial charge in [0, 0.05) is 11.6 Å². The van der Waals surface area contributed by atoms with Gasteiger partial charge in [0.15, 0.2) is 0 Å². The molecule has 0 aliphatic carbocycles. The van der Waals surface area contributed by atoms with Crippen LogP contribution in [0.1, 0.15) is 17.3 Å². The predicted octanol–water partition coefficient (Wildman–Crippen LogP) is 3.12. The maximum absolute atomic E-state index is 2.37. The van der Waals surface area contributed by atoms with Gasteiger partial charge in [-0.1, -0.05) is 30.3 Å². The van der Waals surface area contributed by atoms with Crippen molar-refractivity contribution in [1.82, 2.24) is 0 Å². The second-order valence-electron chi connectivity index (χ2n) is 5.30. The molecule has 0 fully saturated rings. The van der Waals surface area contributed by atoms with Crippen molar-refractivity contribution < 1.29 is 9.15 Å². The summed E-state index contributed by atoms with van der Waals surface area (Å²) in [4.78, 5) is 0. The molecule has 2 aliphatic rings. The van der Waals surface area contributed by atoms with Crippen LogP contribution in [-0.2, 0) is 0 Å². The molecule has 4 rings (SSSR count). The zero-order valence-corrected chi connectivity index (χ0v) is 11.2. The first-order chi connectivity index (χ1) is 9.27. The molecule has 0 saturated carbocycles. The van der Waals surface area contributed by atoms with Crippen molar-refractivity contribution in [2.75, 3.05) is 7.05 Å². The Balaban J connectivity index is 2.13. The Morgan fingerprint density at radius 3 is 2.58 bits per heavy atom. The normalized spacial score (nSPS) is 19.2. The van der Waals surface area contributed by atoms with Gasteiger partial charge in [0.25, 0.3) is 0 Å². The Morgan fingerprint density at radius 2 is 1.68 bits per heavy atom. The van der Waals surface area contributed by atoms with Gasteiger partial charge in [-0.25, -0.2) is 0 Å². The summed E-state index contributed by atoms with van der Waals surface area (Å²) in [6, 6.07) is 15.3. The molecule has 0 radical (unpaired) electrons. The fraction of sp³-hybridized carbons (Fsp3) is 0.176. The van der Waals surface area contributed by atoms with Crippen LogP contribution < -0.4 is 0 Å². The van der Waals surface area contributed by atoms with Crippen molar-refractivity contribution >= 4 is 18.1 Å². The van der Waals surface area contributed by atoms with Gasteiger partial charge in [0.2, 0.25) is 18.1 Å². The average Bonchev–Trinajstić information content (AvgIpc) is 2.82. The zero-order chi connectivity index (χ0) is 13.0. The van der Waals surface area contributed by atoms with E-state index in [1.807, 2.05) is 0 Å². The monoisotopic (exact) mass is 248 g/mol. The lowest BCUT2D eigenvalue weighted by Crippen LogP contribution is -2.24. The summed E-state index contributed by atoms with van der Waals surface area (Å²) in [5.74, 6) is 0. The van der Waals surface area contributed by atoms with Crippen LogP contribution in [0.3, 0.4) is 0 Å². The van der Waals surface area contributed by atoms with Crippen LogP contribution in [0.25, 0.3) is 11.1 Å². The molecular weight excluding hydrogens is 232 g/mol. The van der Waals surface area contributed by atoms with Gasteiger partial charge in [0.1, 0.15) is 12.6 Å². The van der Waals surface area contributed by atoms with E-state index in [1.165, 1.54) is 27.9 Å². The van der Waals surface area contributed by atoms with Crippen molar-refractivity contribution in [1.29, 1.82) is 0 Å². The van der Waals surface area contributed by atoms with Crippen LogP contribution >= 0.6 is 0 Å². The number of hydrogen-bond acceptors (Lipinski definition) is 0. The zero-order valence-electron chi connectivity index (χ0n) is 11.2. The summed E-state index contributed by atoms with van der Waals surface area (Å²) in [5.41, 5.74) is 6.78. The minimum absolute atomic E-state index is 0.297. The van der Waals surface area contributed by atoms with Crippen LogP contribution in [-0.4, -0.2) is 28.6 Å². The molecule has 2 aromatic rings. The molecule has 0 bridgehead atoms. The fourth-order valence-electron chi connectivity index (χ4n) is 3.28. The molecule has 0 saturated heterocycles. The first kappa shape index (κ1) is 10.7. The summed E-state index contributed by atoms with van der Waals surface area (Å²) in [7, 11) is 2.14. The van der Waals surface area contributed by atoms with Gasteiger partial charge in [-0.05, 0) is 18.6 Å². The summed E-state index contributed by atoms with van der Waals surface area (Å²) in [6.07, 6.45) is 4.63. The van der Waals surface area contributed by atoms with E-state index in [9.17, 15) is 0 Å². The van der Waals surface area contributed by atoms with Crippen LogP contribution in [0.5, 0.6) is 0 Å². The summed E-state index contributed by atoms with van der Waals surface area (Å²) < 4.78 is 4.65. The second-order valence-corrected chi connectivity index (χ2v) is 5.30. The number of nitrogens with zero attached hydrogens (tertiary/aromatic N) is 2. The van der Waals surface area contributed by atoms with Gasteiger partial charge in [-0.3, -0.25) is 0 Å². The van der Waals surface area contributed by atoms with Crippen LogP contribution in [0, 0.1) is 6.92 Å². The molecule has 0 spiro atoms. The van der Waals surface area contributed by atoms with Crippen LogP contribution in [0.4, 0.5) is 5.69 Å². The van der Waals surface area contributed by atoms with Gasteiger partial charge in [0.05, 0.1) is 5.56 Å². The summed E-state index contributed by atoms with van der Waals surface area (Å²) >= 11 is 0. The smallest absolute Gasteiger partial charge is 0.168 e. The number of fused-ring (bicyclic) bond motifs is 6. The first-order valence-electron chi connectivity index (χ1n) is 6.65. The van der Waals surface area contributed by atoms with E-state index in [0.29, 0.717) is 6.17 Å². The lowest BCUT2D eigenvalue weighted by Gasteiger charge is -2.21. The standard InChI is InChI=1S/C17H16N2/c1-12-6-5-8-14-13-7-3-4-9-15(13)19-11-10-18(2)17(19)16(12)14/h3-11,17H,1-2H3/q+2. The molecule has 0 N–H and O–H groups in total. The third-order valence-corrected chi connectivity index (χ3v) is 4.17. The molecule has 2 heterocycles. The molecule has 0 aromatic heterocycles. The SMILES string of the molecule is Cc1cccc2c1C1[N+](C)=CC=[N+]1c1ccccc1-2. The van der Waals surface area contributed by atoms with Gasteiger partial charge in [-0.15, -0.1) is 4.58 Å². The maximum atomic E-state index is 2.37. The van der Waals surface area contributed by atoms with Crippen molar-refractivity contribution in [3.05, 3.63) is 53.6 Å². The van der Waals surface area contributed by atoms with Gasteiger partial charge in [-0.2, -0.15) is 4.58 Å². The molecular formula is C17H16N2+2. The molecule has 19 heavy (non-hydrogen) atoms. The molecule has 0 amide bonds. The number of hydrogen-bond donors (Lipinski definition) is 0. The minimum atomic E-state index is 0.297. The average molecular weight is 248 g/mol. The Hall–Kier alpha value is -2.22. The Kier molecular flexibility index (Phi) is 2.05. The second kappa shape index (κ2) is 3.64. The quantitative estimate of drug-likeness (QED) is 0.632. The highest BCUT2D eigenvalue weighted by atomic mass is 15.3. The van der Waals surface area contributed by atoms with Gasteiger partial charge < -0.3 is 0 Å². The summed E-state index contributed by atoms with van der Waals surface area (Å²) in [6.45, 7) is 2.21. The fourth-order valence-corrected chi connectivity index (χ4v) is 3.28. The third-order valence-electron chi connectivity index (χ3n) is 4.17. The molecule has 2 aromatic carbocycles. The highest BCUT2D eigenvalue weighted by Gasteiger charge is 2.44. The highest BCUT2D eigenvalue weighted by Crippen LogP contribution is 2.45. The van der Waals surface area contributed by atoms with Crippen molar-refractivity contribution in [3.8, 4) is 11.1 Å². The van der Waals surface area contributed by atoms with Crippen molar-refractivity contribution in [3.63, 3.8) is 0 Å². The van der Waals surface area contributed by atoms with E-state index in [1.54, 1.807) is 0 Å². The largest absolute Gasteiger partial charge is 0.376 e. The van der Waals surface area contributed by atoms with E-state index in [-0.39, 0.29) is 0 Å². The van der Waals surface area contributed by atoms with E-state index >= 15 is 0 Å². The van der Waals surface area contributed by atoms with Crippen LogP contribution in [0.2, 0.25) is 0 Å². The lowest BCUT2D eigenvalue weighted by molar-refractivity contribution is -0.727. The molecule has 1 atom stereocenters. The lowest BCUT2D eigenvalue weighted by atomic mass is 9.89.